The normalized spacial score (nSPS) is 30.1. The van der Waals surface area contributed by atoms with Gasteiger partial charge in [0.1, 0.15) is 24.8 Å². The van der Waals surface area contributed by atoms with E-state index in [1.807, 2.05) is 61.5 Å². The summed E-state index contributed by atoms with van der Waals surface area (Å²) in [4.78, 5) is 59.3. The van der Waals surface area contributed by atoms with Gasteiger partial charge < -0.3 is 34.3 Å². The van der Waals surface area contributed by atoms with Crippen LogP contribution in [0.15, 0.2) is 54.6 Å². The van der Waals surface area contributed by atoms with Gasteiger partial charge in [0, 0.05) is 19.5 Å². The van der Waals surface area contributed by atoms with Crippen LogP contribution in [0.25, 0.3) is 0 Å². The Kier molecular flexibility index (Phi) is 10.9. The van der Waals surface area contributed by atoms with Crippen LogP contribution in [0.2, 0.25) is 0 Å². The topological polar surface area (TPSA) is 136 Å². The van der Waals surface area contributed by atoms with E-state index >= 15 is 0 Å². The highest BCUT2D eigenvalue weighted by Crippen LogP contribution is 2.65. The summed E-state index contributed by atoms with van der Waals surface area (Å²) in [5.74, 6) is -0.339. The average molecular weight is 769 g/mol. The lowest BCUT2D eigenvalue weighted by molar-refractivity contribution is -0.199. The Hall–Kier alpha value is -4.10. The van der Waals surface area contributed by atoms with Crippen molar-refractivity contribution in [2.24, 2.45) is 23.2 Å². The molecular formula is C43H57BN4O8. The van der Waals surface area contributed by atoms with Crippen molar-refractivity contribution in [3.8, 4) is 0 Å². The van der Waals surface area contributed by atoms with Gasteiger partial charge in [-0.15, -0.1) is 0 Å². The quantitative estimate of drug-likeness (QED) is 0.275. The zero-order chi connectivity index (χ0) is 39.2. The van der Waals surface area contributed by atoms with E-state index in [-0.39, 0.29) is 48.8 Å². The number of rotatable bonds is 10. The summed E-state index contributed by atoms with van der Waals surface area (Å²) in [6.07, 6.45) is 5.28. The number of carbonyl (C=O) groups excluding carboxylic acids is 4. The van der Waals surface area contributed by atoms with Crippen LogP contribution >= 0.6 is 0 Å². The maximum absolute atomic E-state index is 14.8. The maximum Gasteiger partial charge on any atom is 0.481 e. The molecular weight excluding hydrogens is 711 g/mol. The first-order chi connectivity index (χ1) is 26.9. The van der Waals surface area contributed by atoms with E-state index in [4.69, 9.17) is 18.8 Å². The Morgan fingerprint density at radius 1 is 0.911 bits per heavy atom. The number of likely N-dealkylation sites (tertiary alicyclic amines) is 1. The van der Waals surface area contributed by atoms with E-state index in [0.29, 0.717) is 31.3 Å². The number of amides is 4. The molecule has 0 unspecified atom stereocenters. The van der Waals surface area contributed by atoms with Gasteiger partial charge >= 0.3 is 19.3 Å². The number of carbonyl (C=O) groups is 4. The fourth-order valence-corrected chi connectivity index (χ4v) is 10.7. The predicted molar refractivity (Wildman–Crippen MR) is 209 cm³/mol. The summed E-state index contributed by atoms with van der Waals surface area (Å²) >= 11 is 0. The molecule has 12 nitrogen and oxygen atoms in total. The number of fused-ring (bicyclic) bond motifs is 1. The molecule has 0 spiro atoms. The predicted octanol–water partition coefficient (Wildman–Crippen LogP) is 6.15. The third-order valence-corrected chi connectivity index (χ3v) is 14.2. The number of nitrogens with one attached hydrogen (secondary N) is 2. The zero-order valence-corrected chi connectivity index (χ0v) is 33.2. The molecule has 6 fully saturated rings. The molecule has 56 heavy (non-hydrogen) atoms. The Bertz CT molecular complexity index is 1760. The van der Waals surface area contributed by atoms with Crippen LogP contribution in [-0.4, -0.2) is 83.3 Å². The molecule has 2 aromatic rings. The minimum atomic E-state index is -0.940. The van der Waals surface area contributed by atoms with E-state index < -0.39 is 49.0 Å². The molecule has 4 saturated carbocycles. The van der Waals surface area contributed by atoms with Gasteiger partial charge in [0.2, 0.25) is 11.8 Å². The average Bonchev–Trinajstić information content (AvgIpc) is 3.93. The molecule has 0 radical (unpaired) electrons. The highest BCUT2D eigenvalue weighted by molar-refractivity contribution is 6.47. The van der Waals surface area contributed by atoms with Crippen LogP contribution in [0.5, 0.6) is 0 Å². The molecule has 0 aromatic heterocycles. The molecule has 8 atom stereocenters. The van der Waals surface area contributed by atoms with Gasteiger partial charge in [0.15, 0.2) is 0 Å². The molecule has 4 aliphatic carbocycles. The molecule has 2 saturated heterocycles. The third-order valence-electron chi connectivity index (χ3n) is 14.2. The van der Waals surface area contributed by atoms with Crippen molar-refractivity contribution in [2.75, 3.05) is 6.54 Å². The molecule has 3 heterocycles. The Balaban J connectivity index is 0.997. The first-order valence-corrected chi connectivity index (χ1v) is 20.9. The van der Waals surface area contributed by atoms with Gasteiger partial charge in [0.25, 0.3) is 0 Å². The number of alkyl carbamates (subject to hydrolysis) is 1. The van der Waals surface area contributed by atoms with Crippen molar-refractivity contribution >= 4 is 31.1 Å². The summed E-state index contributed by atoms with van der Waals surface area (Å²) in [5, 5.41) is 6.11. The van der Waals surface area contributed by atoms with Crippen molar-refractivity contribution < 1.29 is 38.0 Å². The summed E-state index contributed by atoms with van der Waals surface area (Å²) < 4.78 is 25.0. The van der Waals surface area contributed by atoms with E-state index in [9.17, 15) is 19.2 Å². The summed E-state index contributed by atoms with van der Waals surface area (Å²) in [7, 11) is -0.624. The Morgan fingerprint density at radius 2 is 1.61 bits per heavy atom. The van der Waals surface area contributed by atoms with Gasteiger partial charge in [-0.3, -0.25) is 14.5 Å². The number of nitrogens with zero attached hydrogens (tertiary/aromatic N) is 2. The van der Waals surface area contributed by atoms with E-state index in [1.165, 1.54) is 4.90 Å². The molecule has 2 N–H and O–H groups in total. The van der Waals surface area contributed by atoms with Crippen molar-refractivity contribution in [3.05, 3.63) is 71.3 Å². The fourth-order valence-electron chi connectivity index (χ4n) is 10.7. The first-order valence-electron chi connectivity index (χ1n) is 20.9. The molecule has 300 valence electrons. The number of hydrogen-bond donors (Lipinski definition) is 2. The number of benzene rings is 2. The third kappa shape index (κ3) is 7.41. The summed E-state index contributed by atoms with van der Waals surface area (Å²) in [6.45, 7) is 9.75. The minimum absolute atomic E-state index is 0.0267. The van der Waals surface area contributed by atoms with Gasteiger partial charge in [-0.1, -0.05) is 94.6 Å². The molecule has 13 heteroatoms. The molecule has 4 amide bonds. The highest BCUT2D eigenvalue weighted by Gasteiger charge is 2.68. The molecule has 3 aliphatic heterocycles. The largest absolute Gasteiger partial charge is 0.481 e. The van der Waals surface area contributed by atoms with Crippen molar-refractivity contribution in [1.29, 1.82) is 0 Å². The Labute approximate surface area is 330 Å². The number of ether oxygens (including phenoxy) is 2. The van der Waals surface area contributed by atoms with Gasteiger partial charge in [-0.05, 0) is 78.9 Å². The van der Waals surface area contributed by atoms with Crippen molar-refractivity contribution in [2.45, 2.75) is 141 Å². The van der Waals surface area contributed by atoms with Gasteiger partial charge in [-0.25, -0.2) is 9.59 Å². The van der Waals surface area contributed by atoms with Crippen LogP contribution < -0.4 is 10.6 Å². The zero-order valence-electron chi connectivity index (χ0n) is 33.2. The number of hydrogen-bond acceptors (Lipinski definition) is 8. The smallest absolute Gasteiger partial charge is 0.445 e. The summed E-state index contributed by atoms with van der Waals surface area (Å²) in [5.41, 5.74) is 2.72. The first kappa shape index (κ1) is 38.8. The molecule has 7 aliphatic rings. The van der Waals surface area contributed by atoms with Crippen LogP contribution in [0.4, 0.5) is 9.59 Å². The standard InChI is InChI=1S/C43H57BN4O8/c1-5-36(44-55-35-21-31-20-34(42(31,2)3)43(35,4)56-44)45-38(49)33-22-32(54-41(52)47-23-29-18-12-13-19-30(29)24-47)25-48(33)39(50)37(28-16-10-7-11-17-28)46-40(51)53-26-27-14-8-6-9-15-27/h6,8-9,12-15,18-19,28,31-37H,5,7,10-11,16-17,20-26H2,1-4H3,(H,45,49)(H,46,51)/t31-,32+,33-,34-,35+,36-,37-,43-/m0/s1. The molecule has 9 rings (SSSR count). The fraction of sp³-hybridized carbons (Fsp3) is 0.628. The second-order valence-electron chi connectivity index (χ2n) is 17.8. The lowest BCUT2D eigenvalue weighted by Crippen LogP contribution is -2.65. The minimum Gasteiger partial charge on any atom is -0.445 e. The Morgan fingerprint density at radius 3 is 2.29 bits per heavy atom. The lowest BCUT2D eigenvalue weighted by atomic mass is 9.43. The van der Waals surface area contributed by atoms with Crippen molar-refractivity contribution in [1.82, 2.24) is 20.4 Å². The molecule has 2 bridgehead atoms. The van der Waals surface area contributed by atoms with Crippen LogP contribution in [0.3, 0.4) is 0 Å². The van der Waals surface area contributed by atoms with Crippen LogP contribution in [-0.2, 0) is 48.1 Å². The van der Waals surface area contributed by atoms with Gasteiger partial charge in [-0.2, -0.15) is 0 Å². The summed E-state index contributed by atoms with van der Waals surface area (Å²) in [6, 6.07) is 15.5. The SMILES string of the molecule is CC[C@H](NC(=O)[C@@H]1C[C@@H](OC(=O)N2Cc3ccccc3C2)CN1C(=O)[C@@H](NC(=O)OCc1ccccc1)C1CCCCC1)B1O[C@@H]2C[C@@H]3C[C@@H](C3(C)C)[C@]2(C)O1. The highest BCUT2D eigenvalue weighted by atomic mass is 16.7. The van der Waals surface area contributed by atoms with E-state index in [0.717, 1.165) is 61.6 Å². The maximum atomic E-state index is 14.8. The second kappa shape index (κ2) is 15.7. The van der Waals surface area contributed by atoms with Crippen LogP contribution in [0, 0.1) is 23.2 Å². The van der Waals surface area contributed by atoms with Crippen molar-refractivity contribution in [3.63, 3.8) is 0 Å². The van der Waals surface area contributed by atoms with Crippen LogP contribution in [0.1, 0.15) is 102 Å². The lowest BCUT2D eigenvalue weighted by Gasteiger charge is -2.64. The van der Waals surface area contributed by atoms with E-state index in [1.54, 1.807) is 4.90 Å². The monoisotopic (exact) mass is 768 g/mol. The van der Waals surface area contributed by atoms with Gasteiger partial charge in [0.05, 0.1) is 24.2 Å². The molecule has 2 aromatic carbocycles. The second-order valence-corrected chi connectivity index (χ2v) is 17.8. The van der Waals surface area contributed by atoms with E-state index in [2.05, 4.69) is 31.4 Å².